The van der Waals surface area contributed by atoms with Gasteiger partial charge >= 0.3 is 0 Å². The quantitative estimate of drug-likeness (QED) is 0.665. The van der Waals surface area contributed by atoms with Gasteiger partial charge in [-0.2, -0.15) is 0 Å². The highest BCUT2D eigenvalue weighted by Crippen LogP contribution is 2.29. The molecule has 1 amide bonds. The van der Waals surface area contributed by atoms with E-state index in [4.69, 9.17) is 11.6 Å². The number of carbonyl (C=O) groups is 1. The van der Waals surface area contributed by atoms with Crippen LogP contribution in [0.1, 0.15) is 23.7 Å². The Morgan fingerprint density at radius 1 is 1.19 bits per heavy atom. The lowest BCUT2D eigenvalue weighted by Crippen LogP contribution is -2.27. The van der Waals surface area contributed by atoms with Gasteiger partial charge in [-0.3, -0.25) is 9.00 Å². The fraction of sp³-hybridized carbons (Fsp3) is 0.238. The van der Waals surface area contributed by atoms with Crippen LogP contribution in [-0.2, 0) is 10.8 Å². The predicted molar refractivity (Wildman–Crippen MR) is 113 cm³/mol. The number of hydrogen-bond acceptors (Lipinski definition) is 3. The Hall–Kier alpha value is -2.24. The summed E-state index contributed by atoms with van der Waals surface area (Å²) in [6, 6.07) is 16.8. The number of para-hydroxylation sites is 1. The molecule has 0 radical (unpaired) electrons. The third-order valence-electron chi connectivity index (χ3n) is 4.51. The van der Waals surface area contributed by atoms with Crippen LogP contribution in [0.25, 0.3) is 22.2 Å². The molecule has 4 nitrogen and oxygen atoms in total. The number of pyridine rings is 1. The Morgan fingerprint density at radius 2 is 1.89 bits per heavy atom. The second kappa shape index (κ2) is 8.63. The maximum absolute atomic E-state index is 12.8. The molecule has 2 atom stereocenters. The molecule has 1 heterocycles. The van der Waals surface area contributed by atoms with E-state index >= 15 is 0 Å². The van der Waals surface area contributed by atoms with Crippen molar-refractivity contribution in [1.29, 1.82) is 0 Å². The monoisotopic (exact) mass is 400 g/mol. The molecule has 0 bridgehead atoms. The zero-order valence-corrected chi connectivity index (χ0v) is 16.8. The number of rotatable bonds is 6. The van der Waals surface area contributed by atoms with Crippen LogP contribution in [0.4, 0.5) is 0 Å². The van der Waals surface area contributed by atoms with Crippen LogP contribution in [0.2, 0.25) is 5.02 Å². The Labute approximate surface area is 166 Å². The molecule has 3 rings (SSSR count). The highest BCUT2D eigenvalue weighted by molar-refractivity contribution is 7.84. The molecule has 0 aliphatic carbocycles. The van der Waals surface area contributed by atoms with Gasteiger partial charge in [0.1, 0.15) is 0 Å². The first-order chi connectivity index (χ1) is 13.0. The van der Waals surface area contributed by atoms with Crippen molar-refractivity contribution >= 4 is 39.2 Å². The molecule has 0 saturated carbocycles. The molecule has 0 spiro atoms. The Balaban J connectivity index is 1.95. The maximum Gasteiger partial charge on any atom is 0.252 e. The number of carbonyl (C=O) groups excluding carboxylic acids is 1. The fourth-order valence-corrected chi connectivity index (χ4v) is 3.50. The normalized spacial score (nSPS) is 13.3. The first-order valence-electron chi connectivity index (χ1n) is 8.72. The van der Waals surface area contributed by atoms with E-state index in [0.717, 1.165) is 16.5 Å². The standard InChI is InChI=1S/C21H21ClN2O2S/c1-14(27(2)26)11-12-23-21(25)17-13-20(16-8-3-5-9-18(16)22)24-19-10-6-4-7-15(17)19/h3-10,13-14H,11-12H2,1-2H3,(H,23,25)/t14-,27+/m1/s1. The van der Waals surface area contributed by atoms with Gasteiger partial charge in [0.2, 0.25) is 0 Å². The lowest BCUT2D eigenvalue weighted by molar-refractivity contribution is 0.0955. The van der Waals surface area contributed by atoms with Gasteiger partial charge in [-0.1, -0.05) is 54.9 Å². The third-order valence-corrected chi connectivity index (χ3v) is 6.21. The van der Waals surface area contributed by atoms with Crippen LogP contribution in [0.3, 0.4) is 0 Å². The van der Waals surface area contributed by atoms with E-state index in [1.165, 1.54) is 0 Å². The molecule has 6 heteroatoms. The van der Waals surface area contributed by atoms with Gasteiger partial charge < -0.3 is 5.32 Å². The summed E-state index contributed by atoms with van der Waals surface area (Å²) in [5.74, 6) is -0.170. The summed E-state index contributed by atoms with van der Waals surface area (Å²) in [7, 11) is -0.899. The number of nitrogens with zero attached hydrogens (tertiary/aromatic N) is 1. The summed E-state index contributed by atoms with van der Waals surface area (Å²) >= 11 is 6.32. The predicted octanol–water partition coefficient (Wildman–Crippen LogP) is 4.44. The first kappa shape index (κ1) is 19.5. The smallest absolute Gasteiger partial charge is 0.252 e. The Bertz CT molecular complexity index is 1010. The fourth-order valence-electron chi connectivity index (χ4n) is 2.82. The first-order valence-corrected chi connectivity index (χ1v) is 10.7. The van der Waals surface area contributed by atoms with Gasteiger partial charge in [0.15, 0.2) is 0 Å². The molecular weight excluding hydrogens is 380 g/mol. The van der Waals surface area contributed by atoms with Gasteiger partial charge in [-0.05, 0) is 24.6 Å². The summed E-state index contributed by atoms with van der Waals surface area (Å²) in [5.41, 5.74) is 2.74. The minimum absolute atomic E-state index is 0.0400. The van der Waals surface area contributed by atoms with Crippen molar-refractivity contribution in [3.63, 3.8) is 0 Å². The summed E-state index contributed by atoms with van der Waals surface area (Å²) < 4.78 is 11.5. The Morgan fingerprint density at radius 3 is 2.63 bits per heavy atom. The van der Waals surface area contributed by atoms with E-state index in [1.54, 1.807) is 18.4 Å². The number of halogens is 1. The van der Waals surface area contributed by atoms with E-state index in [1.807, 2.05) is 49.4 Å². The largest absolute Gasteiger partial charge is 0.352 e. The molecular formula is C21H21ClN2O2S. The summed E-state index contributed by atoms with van der Waals surface area (Å²) in [5, 5.41) is 4.35. The van der Waals surface area contributed by atoms with Crippen molar-refractivity contribution in [3.05, 3.63) is 65.2 Å². The van der Waals surface area contributed by atoms with Crippen molar-refractivity contribution in [2.45, 2.75) is 18.6 Å². The minimum atomic E-state index is -0.899. The lowest BCUT2D eigenvalue weighted by Gasteiger charge is -2.12. The molecule has 3 aromatic rings. The number of amides is 1. The maximum atomic E-state index is 12.8. The van der Waals surface area contributed by atoms with E-state index in [2.05, 4.69) is 10.3 Å². The van der Waals surface area contributed by atoms with Crippen molar-refractivity contribution in [1.82, 2.24) is 10.3 Å². The molecule has 0 aliphatic rings. The van der Waals surface area contributed by atoms with Crippen LogP contribution >= 0.6 is 11.6 Å². The second-order valence-corrected chi connectivity index (χ2v) is 8.61. The second-order valence-electron chi connectivity index (χ2n) is 6.41. The SMILES string of the molecule is C[C@H](CCNC(=O)c1cc(-c2ccccc2Cl)nc2ccccc12)[S@](C)=O. The van der Waals surface area contributed by atoms with Crippen LogP contribution in [0.15, 0.2) is 54.6 Å². The van der Waals surface area contributed by atoms with Crippen molar-refractivity contribution in [3.8, 4) is 11.3 Å². The molecule has 140 valence electrons. The highest BCUT2D eigenvalue weighted by Gasteiger charge is 2.15. The third kappa shape index (κ3) is 4.54. The van der Waals surface area contributed by atoms with E-state index in [0.29, 0.717) is 29.2 Å². The van der Waals surface area contributed by atoms with Crippen LogP contribution in [0.5, 0.6) is 0 Å². The van der Waals surface area contributed by atoms with Gasteiger partial charge in [0.05, 0.1) is 16.8 Å². The van der Waals surface area contributed by atoms with Crippen LogP contribution < -0.4 is 5.32 Å². The molecule has 1 N–H and O–H groups in total. The van der Waals surface area contributed by atoms with E-state index in [9.17, 15) is 9.00 Å². The van der Waals surface area contributed by atoms with Crippen molar-refractivity contribution < 1.29 is 9.00 Å². The van der Waals surface area contributed by atoms with E-state index in [-0.39, 0.29) is 11.2 Å². The molecule has 0 unspecified atom stereocenters. The number of benzene rings is 2. The average Bonchev–Trinajstić information content (AvgIpc) is 2.67. The van der Waals surface area contributed by atoms with E-state index < -0.39 is 10.8 Å². The minimum Gasteiger partial charge on any atom is -0.352 e. The molecule has 2 aromatic carbocycles. The molecule has 0 fully saturated rings. The number of aromatic nitrogens is 1. The molecule has 0 saturated heterocycles. The molecule has 27 heavy (non-hydrogen) atoms. The zero-order valence-electron chi connectivity index (χ0n) is 15.2. The topological polar surface area (TPSA) is 59.1 Å². The van der Waals surface area contributed by atoms with Crippen LogP contribution in [0, 0.1) is 0 Å². The zero-order chi connectivity index (χ0) is 19.4. The van der Waals surface area contributed by atoms with Gasteiger partial charge in [-0.15, -0.1) is 0 Å². The summed E-state index contributed by atoms with van der Waals surface area (Å²) in [6.07, 6.45) is 2.34. The highest BCUT2D eigenvalue weighted by atomic mass is 35.5. The van der Waals surface area contributed by atoms with Crippen molar-refractivity contribution in [2.24, 2.45) is 0 Å². The average molecular weight is 401 g/mol. The van der Waals surface area contributed by atoms with Gasteiger partial charge in [0, 0.05) is 44.8 Å². The molecule has 0 aliphatic heterocycles. The van der Waals surface area contributed by atoms with Crippen molar-refractivity contribution in [2.75, 3.05) is 12.8 Å². The van der Waals surface area contributed by atoms with Gasteiger partial charge in [-0.25, -0.2) is 4.98 Å². The summed E-state index contributed by atoms with van der Waals surface area (Å²) in [6.45, 7) is 2.39. The lowest BCUT2D eigenvalue weighted by atomic mass is 10.0. The van der Waals surface area contributed by atoms with Gasteiger partial charge in [0.25, 0.3) is 5.91 Å². The molecule has 1 aromatic heterocycles. The van der Waals surface area contributed by atoms with Crippen LogP contribution in [-0.4, -0.2) is 33.2 Å². The Kier molecular flexibility index (Phi) is 6.24. The summed E-state index contributed by atoms with van der Waals surface area (Å²) in [4.78, 5) is 17.5. The number of hydrogen-bond donors (Lipinski definition) is 1. The number of fused-ring (bicyclic) bond motifs is 1. The number of nitrogens with one attached hydrogen (secondary N) is 1.